The molecule has 0 N–H and O–H groups in total. The van der Waals surface area contributed by atoms with E-state index < -0.39 is 11.3 Å². The molecule has 3 rings (SSSR count). The summed E-state index contributed by atoms with van der Waals surface area (Å²) in [6, 6.07) is 5.57. The van der Waals surface area contributed by atoms with E-state index >= 15 is 0 Å². The van der Waals surface area contributed by atoms with Gasteiger partial charge in [-0.05, 0) is 36.1 Å². The summed E-state index contributed by atoms with van der Waals surface area (Å²) in [4.78, 5) is 26.1. The Hall–Kier alpha value is -2.56. The van der Waals surface area contributed by atoms with E-state index in [9.17, 15) is 9.59 Å². The van der Waals surface area contributed by atoms with Gasteiger partial charge in [-0.25, -0.2) is 0 Å². The van der Waals surface area contributed by atoms with E-state index in [-0.39, 0.29) is 29.2 Å². The lowest BCUT2D eigenvalue weighted by molar-refractivity contribution is -0.136. The van der Waals surface area contributed by atoms with Gasteiger partial charge in [0.1, 0.15) is 0 Å². The third-order valence-corrected chi connectivity index (χ3v) is 5.86. The molecule has 5 heteroatoms. The molecular weight excluding hydrogens is 332 g/mol. The number of ketones is 2. The maximum atomic E-state index is 13.2. The molecule has 26 heavy (non-hydrogen) atoms. The van der Waals surface area contributed by atoms with Gasteiger partial charge >= 0.3 is 0 Å². The molecule has 4 atom stereocenters. The predicted octanol–water partition coefficient (Wildman–Crippen LogP) is 3.30. The highest BCUT2D eigenvalue weighted by molar-refractivity contribution is 6.17. The molecule has 0 amide bonds. The minimum Gasteiger partial charge on any atom is -0.493 e. The Morgan fingerprint density at radius 1 is 1.12 bits per heavy atom. The van der Waals surface area contributed by atoms with Crippen LogP contribution in [0.2, 0.25) is 0 Å². The number of fused-ring (bicyclic) bond motifs is 2. The van der Waals surface area contributed by atoms with E-state index in [4.69, 9.17) is 14.2 Å². The van der Waals surface area contributed by atoms with Gasteiger partial charge in [-0.3, -0.25) is 9.59 Å². The van der Waals surface area contributed by atoms with Crippen LogP contribution in [0.5, 0.6) is 11.5 Å². The van der Waals surface area contributed by atoms with Crippen molar-refractivity contribution in [1.29, 1.82) is 0 Å². The fourth-order valence-electron chi connectivity index (χ4n) is 4.51. The Bertz CT molecular complexity index is 794. The van der Waals surface area contributed by atoms with E-state index in [2.05, 4.69) is 6.58 Å². The van der Waals surface area contributed by atoms with E-state index in [0.29, 0.717) is 17.9 Å². The lowest BCUT2D eigenvalue weighted by Crippen LogP contribution is -2.38. The summed E-state index contributed by atoms with van der Waals surface area (Å²) >= 11 is 0. The Balaban J connectivity index is 2.15. The zero-order valence-corrected chi connectivity index (χ0v) is 15.6. The van der Waals surface area contributed by atoms with Crippen LogP contribution in [0.15, 0.2) is 42.7 Å². The van der Waals surface area contributed by atoms with Gasteiger partial charge < -0.3 is 14.2 Å². The first-order valence-electron chi connectivity index (χ1n) is 8.63. The number of hydrogen-bond donors (Lipinski definition) is 0. The Kier molecular flexibility index (Phi) is 4.65. The fourth-order valence-corrected chi connectivity index (χ4v) is 4.51. The molecule has 1 fully saturated rings. The van der Waals surface area contributed by atoms with Crippen molar-refractivity contribution in [1.82, 2.24) is 0 Å². The van der Waals surface area contributed by atoms with Crippen molar-refractivity contribution in [2.75, 3.05) is 21.3 Å². The zero-order valence-electron chi connectivity index (χ0n) is 15.6. The van der Waals surface area contributed by atoms with E-state index in [1.807, 2.05) is 25.1 Å². The summed E-state index contributed by atoms with van der Waals surface area (Å²) in [5, 5.41) is 0. The van der Waals surface area contributed by atoms with Crippen molar-refractivity contribution < 1.29 is 23.8 Å². The highest BCUT2D eigenvalue weighted by atomic mass is 16.5. The van der Waals surface area contributed by atoms with Gasteiger partial charge in [-0.2, -0.15) is 0 Å². The van der Waals surface area contributed by atoms with E-state index in [1.54, 1.807) is 26.4 Å². The number of methoxy groups -OCH3 is 3. The molecule has 1 aromatic carbocycles. The van der Waals surface area contributed by atoms with Gasteiger partial charge in [0.2, 0.25) is 5.78 Å². The van der Waals surface area contributed by atoms with E-state index in [1.165, 1.54) is 7.11 Å². The van der Waals surface area contributed by atoms with Crippen LogP contribution in [0.1, 0.15) is 24.8 Å². The number of allylic oxidation sites excluding steroid dienone is 3. The highest BCUT2D eigenvalue weighted by Gasteiger charge is 2.62. The fraction of sp³-hybridized carbons (Fsp3) is 0.429. The van der Waals surface area contributed by atoms with Crippen LogP contribution in [-0.4, -0.2) is 32.9 Å². The maximum Gasteiger partial charge on any atom is 0.208 e. The summed E-state index contributed by atoms with van der Waals surface area (Å²) < 4.78 is 16.0. The van der Waals surface area contributed by atoms with Crippen molar-refractivity contribution in [2.45, 2.75) is 19.3 Å². The Labute approximate surface area is 153 Å². The van der Waals surface area contributed by atoms with Gasteiger partial charge in [0, 0.05) is 5.92 Å². The lowest BCUT2D eigenvalue weighted by Gasteiger charge is -2.31. The van der Waals surface area contributed by atoms with Crippen LogP contribution >= 0.6 is 0 Å². The molecule has 0 aliphatic heterocycles. The number of carbonyl (C=O) groups is 2. The van der Waals surface area contributed by atoms with Crippen LogP contribution in [0.4, 0.5) is 0 Å². The van der Waals surface area contributed by atoms with Crippen LogP contribution in [0, 0.1) is 17.3 Å². The standard InChI is InChI=1S/C21H24O5/c1-6-9-21-11-16(26-5)19(22)18(20(21)23)17(12(21)2)13-7-8-14(24-3)15(10-13)25-4/h6-8,10-12,17-18H,1,9H2,2-5H3. The average molecular weight is 356 g/mol. The Morgan fingerprint density at radius 3 is 2.38 bits per heavy atom. The summed E-state index contributed by atoms with van der Waals surface area (Å²) in [5.74, 6) is 0.0905. The molecule has 5 nitrogen and oxygen atoms in total. The summed E-state index contributed by atoms with van der Waals surface area (Å²) in [6.45, 7) is 5.83. The van der Waals surface area contributed by atoms with Gasteiger partial charge in [-0.15, -0.1) is 6.58 Å². The van der Waals surface area contributed by atoms with Crippen molar-refractivity contribution in [3.05, 3.63) is 48.3 Å². The zero-order chi connectivity index (χ0) is 19.1. The van der Waals surface area contributed by atoms with Crippen molar-refractivity contribution in [2.24, 2.45) is 17.3 Å². The smallest absolute Gasteiger partial charge is 0.208 e. The molecule has 0 radical (unpaired) electrons. The Morgan fingerprint density at radius 2 is 1.81 bits per heavy atom. The topological polar surface area (TPSA) is 61.8 Å². The molecule has 2 aliphatic rings. The molecule has 0 heterocycles. The van der Waals surface area contributed by atoms with Crippen molar-refractivity contribution in [3.63, 3.8) is 0 Å². The van der Waals surface area contributed by atoms with Gasteiger partial charge in [0.25, 0.3) is 0 Å². The molecule has 138 valence electrons. The van der Waals surface area contributed by atoms with Crippen molar-refractivity contribution >= 4 is 11.6 Å². The predicted molar refractivity (Wildman–Crippen MR) is 97.3 cm³/mol. The first-order valence-corrected chi connectivity index (χ1v) is 8.63. The second-order valence-electron chi connectivity index (χ2n) is 6.88. The molecular formula is C21H24O5. The molecule has 1 saturated carbocycles. The van der Waals surface area contributed by atoms with Gasteiger partial charge in [-0.1, -0.05) is 19.1 Å². The second-order valence-corrected chi connectivity index (χ2v) is 6.88. The lowest BCUT2D eigenvalue weighted by atomic mass is 9.71. The quantitative estimate of drug-likeness (QED) is 0.578. The number of ether oxygens (including phenoxy) is 3. The number of Topliss-reactive ketones (excluding diaryl/α,β-unsaturated/α-hetero) is 2. The largest absolute Gasteiger partial charge is 0.493 e. The molecule has 0 aromatic heterocycles. The van der Waals surface area contributed by atoms with Crippen LogP contribution in [0.3, 0.4) is 0 Å². The van der Waals surface area contributed by atoms with Crippen LogP contribution in [0.25, 0.3) is 0 Å². The minimum absolute atomic E-state index is 0.0458. The number of carbonyl (C=O) groups excluding carboxylic acids is 2. The number of hydrogen-bond acceptors (Lipinski definition) is 5. The first kappa shape index (κ1) is 18.2. The molecule has 2 bridgehead atoms. The van der Waals surface area contributed by atoms with Gasteiger partial charge in [0.05, 0.1) is 32.7 Å². The van der Waals surface area contributed by atoms with Crippen LogP contribution < -0.4 is 9.47 Å². The number of rotatable bonds is 6. The monoisotopic (exact) mass is 356 g/mol. The summed E-state index contributed by atoms with van der Waals surface area (Å²) in [7, 11) is 4.61. The first-order chi connectivity index (χ1) is 12.4. The molecule has 4 unspecified atom stereocenters. The SMILES string of the molecule is C=CCC12C=C(OC)C(=O)C(C1=O)C(c1ccc(OC)c(OC)c1)C2C. The highest BCUT2D eigenvalue weighted by Crippen LogP contribution is 2.59. The summed E-state index contributed by atoms with van der Waals surface area (Å²) in [5.41, 5.74) is 0.127. The van der Waals surface area contributed by atoms with Crippen molar-refractivity contribution in [3.8, 4) is 11.5 Å². The van der Waals surface area contributed by atoms with Crippen LogP contribution in [-0.2, 0) is 14.3 Å². The third kappa shape index (κ3) is 2.37. The maximum absolute atomic E-state index is 13.2. The van der Waals surface area contributed by atoms with Gasteiger partial charge in [0.15, 0.2) is 23.0 Å². The normalized spacial score (nSPS) is 30.0. The third-order valence-electron chi connectivity index (χ3n) is 5.86. The number of benzene rings is 1. The molecule has 0 spiro atoms. The minimum atomic E-state index is -0.760. The molecule has 2 aliphatic carbocycles. The second kappa shape index (κ2) is 6.63. The van der Waals surface area contributed by atoms with E-state index in [0.717, 1.165) is 5.56 Å². The average Bonchev–Trinajstić information content (AvgIpc) is 2.80. The molecule has 0 saturated heterocycles. The summed E-state index contributed by atoms with van der Waals surface area (Å²) in [6.07, 6.45) is 3.93. The molecule has 1 aromatic rings.